The van der Waals surface area contributed by atoms with Crippen molar-refractivity contribution >= 4 is 5.97 Å². The van der Waals surface area contributed by atoms with Gasteiger partial charge < -0.3 is 10.4 Å². The van der Waals surface area contributed by atoms with E-state index in [9.17, 15) is 4.79 Å². The Hall–Kier alpha value is -1.43. The summed E-state index contributed by atoms with van der Waals surface area (Å²) in [7, 11) is 0. The Morgan fingerprint density at radius 2 is 2.47 bits per heavy atom. The maximum absolute atomic E-state index is 10.6. The van der Waals surface area contributed by atoms with Crippen molar-refractivity contribution < 1.29 is 9.90 Å². The normalized spacial score (nSPS) is 24.1. The lowest BCUT2D eigenvalue weighted by molar-refractivity contribution is 0.0690. The second-order valence-corrected chi connectivity index (χ2v) is 4.64. The maximum Gasteiger partial charge on any atom is 0.358 e. The number of aromatic carboxylic acids is 1. The van der Waals surface area contributed by atoms with Crippen molar-refractivity contribution in [3.05, 3.63) is 11.9 Å². The van der Waals surface area contributed by atoms with Gasteiger partial charge in [0.1, 0.15) is 0 Å². The molecule has 1 fully saturated rings. The zero-order valence-corrected chi connectivity index (χ0v) is 9.96. The molecule has 2 unspecified atom stereocenters. The van der Waals surface area contributed by atoms with E-state index in [0.717, 1.165) is 12.5 Å². The van der Waals surface area contributed by atoms with Gasteiger partial charge in [-0.15, -0.1) is 5.10 Å². The van der Waals surface area contributed by atoms with Gasteiger partial charge in [0.2, 0.25) is 0 Å². The first kappa shape index (κ1) is 12.0. The predicted molar refractivity (Wildman–Crippen MR) is 61.8 cm³/mol. The van der Waals surface area contributed by atoms with Crippen LogP contribution in [0.15, 0.2) is 6.20 Å². The van der Waals surface area contributed by atoms with Gasteiger partial charge >= 0.3 is 5.97 Å². The lowest BCUT2D eigenvalue weighted by atomic mass is 10.1. The third-order valence-corrected chi connectivity index (χ3v) is 3.37. The average Bonchev–Trinajstić information content (AvgIpc) is 2.89. The van der Waals surface area contributed by atoms with Crippen LogP contribution in [0.3, 0.4) is 0 Å². The molecule has 1 aliphatic carbocycles. The van der Waals surface area contributed by atoms with E-state index < -0.39 is 5.97 Å². The van der Waals surface area contributed by atoms with Gasteiger partial charge in [-0.3, -0.25) is 4.68 Å². The molecule has 1 saturated carbocycles. The summed E-state index contributed by atoms with van der Waals surface area (Å²) in [6.07, 6.45) is 5.29. The van der Waals surface area contributed by atoms with Crippen LogP contribution in [-0.2, 0) is 6.54 Å². The quantitative estimate of drug-likeness (QED) is 0.791. The molecule has 1 aromatic rings. The van der Waals surface area contributed by atoms with Crippen molar-refractivity contribution in [3.8, 4) is 0 Å². The van der Waals surface area contributed by atoms with Crippen LogP contribution in [0, 0.1) is 5.92 Å². The van der Waals surface area contributed by atoms with Crippen LogP contribution in [-0.4, -0.2) is 38.7 Å². The fraction of sp³-hybridized carbons (Fsp3) is 0.727. The first-order valence-corrected chi connectivity index (χ1v) is 6.03. The Labute approximate surface area is 100 Å². The summed E-state index contributed by atoms with van der Waals surface area (Å²) in [5, 5.41) is 19.5. The van der Waals surface area contributed by atoms with Crippen molar-refractivity contribution in [1.29, 1.82) is 0 Å². The number of rotatable bonds is 5. The SMILES string of the molecule is CC1CCCC1NCCn1cc(C(=O)O)nn1. The minimum absolute atomic E-state index is 0.000709. The van der Waals surface area contributed by atoms with Crippen LogP contribution in [0.2, 0.25) is 0 Å². The highest BCUT2D eigenvalue weighted by Crippen LogP contribution is 2.24. The molecule has 0 spiro atoms. The summed E-state index contributed by atoms with van der Waals surface area (Å²) in [5.74, 6) is -0.297. The van der Waals surface area contributed by atoms with Crippen molar-refractivity contribution in [2.45, 2.75) is 38.8 Å². The predicted octanol–water partition coefficient (Wildman–Crippen LogP) is 0.754. The molecule has 0 bridgehead atoms. The second kappa shape index (κ2) is 5.27. The van der Waals surface area contributed by atoms with E-state index in [0.29, 0.717) is 12.6 Å². The molecule has 0 aliphatic heterocycles. The molecule has 0 amide bonds. The first-order chi connectivity index (χ1) is 8.16. The summed E-state index contributed by atoms with van der Waals surface area (Å²) < 4.78 is 1.57. The zero-order valence-electron chi connectivity index (χ0n) is 9.96. The smallest absolute Gasteiger partial charge is 0.358 e. The molecule has 0 aromatic carbocycles. The van der Waals surface area contributed by atoms with E-state index in [2.05, 4.69) is 22.6 Å². The van der Waals surface area contributed by atoms with Crippen LogP contribution in [0.5, 0.6) is 0 Å². The number of aromatic nitrogens is 3. The number of carboxylic acid groups (broad SMARTS) is 1. The monoisotopic (exact) mass is 238 g/mol. The van der Waals surface area contributed by atoms with E-state index in [-0.39, 0.29) is 5.69 Å². The molecule has 6 heteroatoms. The van der Waals surface area contributed by atoms with Gasteiger partial charge in [0.25, 0.3) is 0 Å². The number of carbonyl (C=O) groups is 1. The maximum atomic E-state index is 10.6. The first-order valence-electron chi connectivity index (χ1n) is 6.03. The Balaban J connectivity index is 1.76. The number of hydrogen-bond acceptors (Lipinski definition) is 4. The van der Waals surface area contributed by atoms with E-state index in [1.807, 2.05) is 0 Å². The highest BCUT2D eigenvalue weighted by Gasteiger charge is 2.22. The molecule has 1 heterocycles. The Kier molecular flexibility index (Phi) is 3.73. The average molecular weight is 238 g/mol. The van der Waals surface area contributed by atoms with E-state index in [1.165, 1.54) is 25.5 Å². The molecule has 17 heavy (non-hydrogen) atoms. The van der Waals surface area contributed by atoms with Crippen molar-refractivity contribution in [1.82, 2.24) is 20.3 Å². The number of nitrogens with zero attached hydrogens (tertiary/aromatic N) is 3. The van der Waals surface area contributed by atoms with Crippen LogP contribution in [0.25, 0.3) is 0 Å². The molecular weight excluding hydrogens is 220 g/mol. The van der Waals surface area contributed by atoms with Crippen molar-refractivity contribution in [2.24, 2.45) is 5.92 Å². The van der Waals surface area contributed by atoms with Gasteiger partial charge in [0.05, 0.1) is 12.7 Å². The summed E-state index contributed by atoms with van der Waals surface area (Å²) in [6.45, 7) is 3.73. The van der Waals surface area contributed by atoms with E-state index in [1.54, 1.807) is 4.68 Å². The summed E-state index contributed by atoms with van der Waals surface area (Å²) in [6, 6.07) is 0.595. The molecule has 1 aromatic heterocycles. The van der Waals surface area contributed by atoms with Gasteiger partial charge in [0.15, 0.2) is 5.69 Å². The third kappa shape index (κ3) is 3.03. The van der Waals surface area contributed by atoms with Crippen molar-refractivity contribution in [3.63, 3.8) is 0 Å². The summed E-state index contributed by atoms with van der Waals surface area (Å²) in [4.78, 5) is 10.6. The Bertz CT molecular complexity index is 391. The molecule has 1 aliphatic rings. The van der Waals surface area contributed by atoms with Gasteiger partial charge in [-0.2, -0.15) is 0 Å². The van der Waals surface area contributed by atoms with Gasteiger partial charge in [0, 0.05) is 12.6 Å². The van der Waals surface area contributed by atoms with Crippen LogP contribution in [0.4, 0.5) is 0 Å². The largest absolute Gasteiger partial charge is 0.476 e. The van der Waals surface area contributed by atoms with E-state index in [4.69, 9.17) is 5.11 Å². The molecule has 0 radical (unpaired) electrons. The highest BCUT2D eigenvalue weighted by molar-refractivity contribution is 5.84. The third-order valence-electron chi connectivity index (χ3n) is 3.37. The fourth-order valence-electron chi connectivity index (χ4n) is 2.32. The Morgan fingerprint density at radius 3 is 3.06 bits per heavy atom. The second-order valence-electron chi connectivity index (χ2n) is 4.64. The zero-order chi connectivity index (χ0) is 12.3. The minimum atomic E-state index is -1.03. The molecule has 2 rings (SSSR count). The van der Waals surface area contributed by atoms with Gasteiger partial charge in [-0.25, -0.2) is 4.79 Å². The summed E-state index contributed by atoms with van der Waals surface area (Å²) >= 11 is 0. The highest BCUT2D eigenvalue weighted by atomic mass is 16.4. The molecule has 0 saturated heterocycles. The van der Waals surface area contributed by atoms with E-state index >= 15 is 0 Å². The lowest BCUT2D eigenvalue weighted by Gasteiger charge is -2.16. The minimum Gasteiger partial charge on any atom is -0.476 e. The topological polar surface area (TPSA) is 80.0 Å². The molecule has 6 nitrogen and oxygen atoms in total. The fourth-order valence-corrected chi connectivity index (χ4v) is 2.32. The molecule has 2 atom stereocenters. The molecule has 94 valence electrons. The van der Waals surface area contributed by atoms with Gasteiger partial charge in [-0.05, 0) is 18.8 Å². The van der Waals surface area contributed by atoms with Crippen LogP contribution in [0.1, 0.15) is 36.7 Å². The number of nitrogens with one attached hydrogen (secondary N) is 1. The van der Waals surface area contributed by atoms with Gasteiger partial charge in [-0.1, -0.05) is 18.6 Å². The Morgan fingerprint density at radius 1 is 1.65 bits per heavy atom. The standard InChI is InChI=1S/C11H18N4O2/c1-8-3-2-4-9(8)12-5-6-15-7-10(11(16)17)13-14-15/h7-9,12H,2-6H2,1H3,(H,16,17). The lowest BCUT2D eigenvalue weighted by Crippen LogP contribution is -2.33. The van der Waals surface area contributed by atoms with Crippen LogP contribution < -0.4 is 5.32 Å². The molecule has 2 N–H and O–H groups in total. The molecular formula is C11H18N4O2. The van der Waals surface area contributed by atoms with Crippen LogP contribution >= 0.6 is 0 Å². The number of hydrogen-bond donors (Lipinski definition) is 2. The number of carboxylic acids is 1. The van der Waals surface area contributed by atoms with Crippen molar-refractivity contribution in [2.75, 3.05) is 6.54 Å². The summed E-state index contributed by atoms with van der Waals surface area (Å²) in [5.41, 5.74) is -0.000709.